The van der Waals surface area contributed by atoms with Gasteiger partial charge in [-0.3, -0.25) is 14.7 Å². The summed E-state index contributed by atoms with van der Waals surface area (Å²) in [7, 11) is 0. The number of nitrogens with zero attached hydrogens (tertiary/aromatic N) is 4. The van der Waals surface area contributed by atoms with E-state index in [0.29, 0.717) is 30.8 Å². The highest BCUT2D eigenvalue weighted by Crippen LogP contribution is 2.17. The van der Waals surface area contributed by atoms with E-state index in [1.54, 1.807) is 48.8 Å². The lowest BCUT2D eigenvalue weighted by molar-refractivity contribution is 0.0527. The Kier molecular flexibility index (Phi) is 5.39. The molecule has 1 aliphatic heterocycles. The Hall–Kier alpha value is -2.75. The summed E-state index contributed by atoms with van der Waals surface area (Å²) < 4.78 is 0. The van der Waals surface area contributed by atoms with Crippen molar-refractivity contribution in [3.8, 4) is 6.07 Å². The fraction of sp³-hybridized carbons (Fsp3) is 0.316. The van der Waals surface area contributed by atoms with Crippen molar-refractivity contribution in [2.75, 3.05) is 32.7 Å². The average Bonchev–Trinajstić information content (AvgIpc) is 2.68. The number of aromatic nitrogens is 1. The number of aliphatic hydroxyl groups is 1. The predicted molar refractivity (Wildman–Crippen MR) is 92.7 cm³/mol. The number of β-amino-alcohol motifs (C(OH)–C–C–N with tert-alkyl or cyclic N) is 1. The molecule has 6 heteroatoms. The maximum Gasteiger partial charge on any atom is 0.254 e. The highest BCUT2D eigenvalue weighted by atomic mass is 16.3. The van der Waals surface area contributed by atoms with E-state index in [1.807, 2.05) is 4.90 Å². The van der Waals surface area contributed by atoms with Gasteiger partial charge in [-0.1, -0.05) is 12.1 Å². The predicted octanol–water partition coefficient (Wildman–Crippen LogP) is 1.44. The first-order chi connectivity index (χ1) is 12.2. The zero-order valence-electron chi connectivity index (χ0n) is 13.9. The van der Waals surface area contributed by atoms with Gasteiger partial charge in [0.15, 0.2) is 0 Å². The summed E-state index contributed by atoms with van der Waals surface area (Å²) in [4.78, 5) is 20.3. The minimum Gasteiger partial charge on any atom is -0.387 e. The van der Waals surface area contributed by atoms with Crippen LogP contribution in [0.2, 0.25) is 0 Å². The number of amides is 1. The SMILES string of the molecule is N#Cc1ccc(C(O)CN2CCN(C(=O)c3ccncc3)CC2)cc1. The number of carbonyl (C=O) groups is 1. The quantitative estimate of drug-likeness (QED) is 0.914. The van der Waals surface area contributed by atoms with Crippen LogP contribution >= 0.6 is 0 Å². The van der Waals surface area contributed by atoms with Crippen LogP contribution in [0.25, 0.3) is 0 Å². The molecule has 0 radical (unpaired) electrons. The van der Waals surface area contributed by atoms with Gasteiger partial charge in [0.2, 0.25) is 0 Å². The number of aliphatic hydroxyl groups excluding tert-OH is 1. The Morgan fingerprint density at radius 2 is 1.76 bits per heavy atom. The minimum atomic E-state index is -0.602. The topological polar surface area (TPSA) is 80.5 Å². The van der Waals surface area contributed by atoms with Gasteiger partial charge in [-0.2, -0.15) is 5.26 Å². The van der Waals surface area contributed by atoms with E-state index < -0.39 is 6.10 Å². The molecule has 2 aromatic rings. The van der Waals surface area contributed by atoms with Gasteiger partial charge in [-0.15, -0.1) is 0 Å². The molecule has 1 N–H and O–H groups in total. The van der Waals surface area contributed by atoms with Crippen molar-refractivity contribution in [3.05, 3.63) is 65.5 Å². The van der Waals surface area contributed by atoms with Crippen LogP contribution in [0.1, 0.15) is 27.6 Å². The Morgan fingerprint density at radius 1 is 1.12 bits per heavy atom. The molecule has 1 fully saturated rings. The van der Waals surface area contributed by atoms with E-state index in [0.717, 1.165) is 18.7 Å². The van der Waals surface area contributed by atoms with Crippen molar-refractivity contribution in [3.63, 3.8) is 0 Å². The van der Waals surface area contributed by atoms with Crippen LogP contribution < -0.4 is 0 Å². The third-order valence-corrected chi connectivity index (χ3v) is 4.44. The zero-order chi connectivity index (χ0) is 17.6. The molecule has 1 aromatic carbocycles. The highest BCUT2D eigenvalue weighted by molar-refractivity contribution is 5.94. The first-order valence-electron chi connectivity index (χ1n) is 8.27. The molecule has 0 aliphatic carbocycles. The van der Waals surface area contributed by atoms with Crippen molar-refractivity contribution in [1.29, 1.82) is 5.26 Å². The Morgan fingerprint density at radius 3 is 2.36 bits per heavy atom. The van der Waals surface area contributed by atoms with Crippen molar-refractivity contribution in [2.45, 2.75) is 6.10 Å². The molecule has 1 atom stereocenters. The molecule has 25 heavy (non-hydrogen) atoms. The Bertz CT molecular complexity index is 747. The average molecular weight is 336 g/mol. The first kappa shape index (κ1) is 17.1. The zero-order valence-corrected chi connectivity index (χ0v) is 13.9. The van der Waals surface area contributed by atoms with Crippen LogP contribution in [0, 0.1) is 11.3 Å². The molecule has 1 amide bonds. The van der Waals surface area contributed by atoms with Gasteiger partial charge in [0.25, 0.3) is 5.91 Å². The van der Waals surface area contributed by atoms with Crippen LogP contribution in [-0.4, -0.2) is 58.5 Å². The molecule has 1 aliphatic rings. The van der Waals surface area contributed by atoms with Crippen LogP contribution in [0.15, 0.2) is 48.8 Å². The van der Waals surface area contributed by atoms with Gasteiger partial charge in [-0.05, 0) is 29.8 Å². The van der Waals surface area contributed by atoms with E-state index in [-0.39, 0.29) is 5.91 Å². The summed E-state index contributed by atoms with van der Waals surface area (Å²) in [5.74, 6) is 0.0229. The van der Waals surface area contributed by atoms with E-state index in [4.69, 9.17) is 5.26 Å². The van der Waals surface area contributed by atoms with Crippen LogP contribution in [0.5, 0.6) is 0 Å². The molecule has 0 saturated carbocycles. The molecule has 3 rings (SSSR count). The van der Waals surface area contributed by atoms with Gasteiger partial charge in [-0.25, -0.2) is 0 Å². The molecule has 0 spiro atoms. The van der Waals surface area contributed by atoms with Gasteiger partial charge < -0.3 is 10.0 Å². The summed E-state index contributed by atoms with van der Waals surface area (Å²) in [6.45, 7) is 3.25. The monoisotopic (exact) mass is 336 g/mol. The van der Waals surface area contributed by atoms with E-state index in [1.165, 1.54) is 0 Å². The molecule has 128 valence electrons. The van der Waals surface area contributed by atoms with E-state index >= 15 is 0 Å². The summed E-state index contributed by atoms with van der Waals surface area (Å²) in [6, 6.07) is 12.5. The number of rotatable bonds is 4. The largest absolute Gasteiger partial charge is 0.387 e. The summed E-state index contributed by atoms with van der Waals surface area (Å²) in [5.41, 5.74) is 2.04. The lowest BCUT2D eigenvalue weighted by atomic mass is 10.1. The molecule has 1 unspecified atom stereocenters. The number of benzene rings is 1. The third kappa shape index (κ3) is 4.21. The van der Waals surface area contributed by atoms with Crippen LogP contribution in [0.3, 0.4) is 0 Å². The van der Waals surface area contributed by atoms with Gasteiger partial charge >= 0.3 is 0 Å². The highest BCUT2D eigenvalue weighted by Gasteiger charge is 2.23. The Labute approximate surface area is 146 Å². The maximum absolute atomic E-state index is 12.4. The van der Waals surface area contributed by atoms with Crippen molar-refractivity contribution >= 4 is 5.91 Å². The second-order valence-corrected chi connectivity index (χ2v) is 6.08. The fourth-order valence-corrected chi connectivity index (χ4v) is 2.94. The van der Waals surface area contributed by atoms with Crippen molar-refractivity contribution < 1.29 is 9.90 Å². The second kappa shape index (κ2) is 7.88. The molecular formula is C19H20N4O2. The lowest BCUT2D eigenvalue weighted by Crippen LogP contribution is -2.49. The second-order valence-electron chi connectivity index (χ2n) is 6.08. The third-order valence-electron chi connectivity index (χ3n) is 4.44. The standard InChI is InChI=1S/C19H20N4O2/c20-13-15-1-3-16(4-2-15)18(24)14-22-9-11-23(12-10-22)19(25)17-5-7-21-8-6-17/h1-8,18,24H,9-12,14H2. The first-order valence-corrected chi connectivity index (χ1v) is 8.27. The minimum absolute atomic E-state index is 0.0229. The normalized spacial score (nSPS) is 16.2. The van der Waals surface area contributed by atoms with Crippen molar-refractivity contribution in [1.82, 2.24) is 14.8 Å². The molecule has 1 saturated heterocycles. The van der Waals surface area contributed by atoms with Crippen LogP contribution in [0.4, 0.5) is 0 Å². The van der Waals surface area contributed by atoms with E-state index in [2.05, 4.69) is 16.0 Å². The summed E-state index contributed by atoms with van der Waals surface area (Å²) in [6.07, 6.45) is 2.64. The lowest BCUT2D eigenvalue weighted by Gasteiger charge is -2.35. The molecule has 2 heterocycles. The van der Waals surface area contributed by atoms with Crippen molar-refractivity contribution in [2.24, 2.45) is 0 Å². The number of hydrogen-bond acceptors (Lipinski definition) is 5. The summed E-state index contributed by atoms with van der Waals surface area (Å²) >= 11 is 0. The summed E-state index contributed by atoms with van der Waals surface area (Å²) in [5, 5.41) is 19.2. The maximum atomic E-state index is 12.4. The molecular weight excluding hydrogens is 316 g/mol. The number of carbonyl (C=O) groups excluding carboxylic acids is 1. The van der Waals surface area contributed by atoms with E-state index in [9.17, 15) is 9.90 Å². The Balaban J connectivity index is 1.52. The number of piperazine rings is 1. The van der Waals surface area contributed by atoms with Crippen LogP contribution in [-0.2, 0) is 0 Å². The number of nitriles is 1. The number of pyridine rings is 1. The van der Waals surface area contributed by atoms with Gasteiger partial charge in [0.1, 0.15) is 0 Å². The molecule has 6 nitrogen and oxygen atoms in total. The molecule has 0 bridgehead atoms. The number of hydrogen-bond donors (Lipinski definition) is 1. The molecule has 1 aromatic heterocycles. The fourth-order valence-electron chi connectivity index (χ4n) is 2.94. The smallest absolute Gasteiger partial charge is 0.254 e. The van der Waals surface area contributed by atoms with Gasteiger partial charge in [0.05, 0.1) is 17.7 Å². The van der Waals surface area contributed by atoms with Gasteiger partial charge in [0, 0.05) is 50.7 Å².